The third kappa shape index (κ3) is 3.76. The van der Waals surface area contributed by atoms with E-state index >= 15 is 0 Å². The van der Waals surface area contributed by atoms with Crippen molar-refractivity contribution in [1.82, 2.24) is 4.31 Å². The first kappa shape index (κ1) is 21.3. The summed E-state index contributed by atoms with van der Waals surface area (Å²) >= 11 is 3.45. The quantitative estimate of drug-likeness (QED) is 0.658. The number of sulfonamides is 1. The Kier molecular flexibility index (Phi) is 5.67. The highest BCUT2D eigenvalue weighted by molar-refractivity contribution is 9.10. The van der Waals surface area contributed by atoms with Crippen LogP contribution in [0.4, 0.5) is 11.4 Å². The molecule has 1 fully saturated rings. The zero-order valence-electron chi connectivity index (χ0n) is 17.4. The van der Waals surface area contributed by atoms with Gasteiger partial charge in [-0.1, -0.05) is 28.1 Å². The van der Waals surface area contributed by atoms with Crippen LogP contribution in [0, 0.1) is 6.92 Å². The van der Waals surface area contributed by atoms with Crippen LogP contribution in [0.5, 0.6) is 0 Å². The van der Waals surface area contributed by atoms with Crippen LogP contribution in [-0.4, -0.2) is 50.9 Å². The van der Waals surface area contributed by atoms with E-state index in [2.05, 4.69) is 52.9 Å². The van der Waals surface area contributed by atoms with Crippen LogP contribution in [0.3, 0.4) is 0 Å². The normalized spacial score (nSPS) is 19.8. The van der Waals surface area contributed by atoms with Crippen molar-refractivity contribution in [2.24, 2.45) is 0 Å². The van der Waals surface area contributed by atoms with Crippen LogP contribution < -0.4 is 9.80 Å². The van der Waals surface area contributed by atoms with E-state index in [1.165, 1.54) is 12.5 Å². The Balaban J connectivity index is 1.65. The highest BCUT2D eigenvalue weighted by atomic mass is 79.9. The van der Waals surface area contributed by atoms with Gasteiger partial charge in [-0.15, -0.1) is 0 Å². The summed E-state index contributed by atoms with van der Waals surface area (Å²) in [6, 6.07) is 11.9. The Morgan fingerprint density at radius 1 is 1.13 bits per heavy atom. The monoisotopic (exact) mass is 491 g/mol. The topological polar surface area (TPSA) is 60.9 Å². The molecule has 8 heteroatoms. The van der Waals surface area contributed by atoms with Gasteiger partial charge in [0.2, 0.25) is 15.9 Å². The molecule has 30 heavy (non-hydrogen) atoms. The standard InChI is InChI=1S/C22H26BrN3O3S/c1-15-5-4-6-20(11-15)25-10-9-24(14-16(25)2)30(28,29)21-13-19(23)12-18-7-8-26(17(3)27)22(18)21/h4-6,11-13,16H,7-10,14H2,1-3H3/t16-/m0/s1. The lowest BCUT2D eigenvalue weighted by molar-refractivity contribution is -0.116. The molecule has 6 nitrogen and oxygen atoms in total. The highest BCUT2D eigenvalue weighted by Gasteiger charge is 2.37. The SMILES string of the molecule is CC(=O)N1CCc2cc(Br)cc(S(=O)(=O)N3CCN(c4cccc(C)c4)[C@@H](C)C3)c21. The van der Waals surface area contributed by atoms with Crippen molar-refractivity contribution in [1.29, 1.82) is 0 Å². The fourth-order valence-electron chi connectivity index (χ4n) is 4.45. The lowest BCUT2D eigenvalue weighted by Gasteiger charge is -2.41. The molecule has 0 unspecified atom stereocenters. The molecule has 2 aromatic rings. The average Bonchev–Trinajstić information content (AvgIpc) is 3.11. The Hall–Kier alpha value is -1.90. The number of benzene rings is 2. The van der Waals surface area contributed by atoms with Crippen LogP contribution in [0.25, 0.3) is 0 Å². The Bertz CT molecular complexity index is 1100. The number of hydrogen-bond donors (Lipinski definition) is 0. The smallest absolute Gasteiger partial charge is 0.245 e. The minimum atomic E-state index is -3.74. The van der Waals surface area contributed by atoms with Crippen molar-refractivity contribution in [2.75, 3.05) is 36.0 Å². The summed E-state index contributed by atoms with van der Waals surface area (Å²) < 4.78 is 29.6. The number of anilines is 2. The molecule has 0 radical (unpaired) electrons. The molecular weight excluding hydrogens is 466 g/mol. The molecule has 2 heterocycles. The predicted molar refractivity (Wildman–Crippen MR) is 123 cm³/mol. The number of hydrogen-bond acceptors (Lipinski definition) is 4. The number of halogens is 1. The summed E-state index contributed by atoms with van der Waals surface area (Å²) in [4.78, 5) is 16.2. The zero-order chi connectivity index (χ0) is 21.6. The first-order valence-corrected chi connectivity index (χ1v) is 12.4. The second kappa shape index (κ2) is 7.98. The Morgan fingerprint density at radius 3 is 2.57 bits per heavy atom. The first-order valence-electron chi connectivity index (χ1n) is 10.1. The number of fused-ring (bicyclic) bond motifs is 1. The first-order chi connectivity index (χ1) is 14.2. The summed E-state index contributed by atoms with van der Waals surface area (Å²) in [6.45, 7) is 7.54. The van der Waals surface area contributed by atoms with Gasteiger partial charge in [0.05, 0.1) is 5.69 Å². The van der Waals surface area contributed by atoms with Gasteiger partial charge < -0.3 is 9.80 Å². The Morgan fingerprint density at radius 2 is 1.90 bits per heavy atom. The molecule has 0 saturated carbocycles. The summed E-state index contributed by atoms with van der Waals surface area (Å²) in [5.41, 5.74) is 3.73. The molecule has 2 aromatic carbocycles. The van der Waals surface area contributed by atoms with E-state index in [0.29, 0.717) is 38.3 Å². The van der Waals surface area contributed by atoms with Gasteiger partial charge in [-0.3, -0.25) is 4.79 Å². The molecule has 1 amide bonds. The van der Waals surface area contributed by atoms with E-state index in [4.69, 9.17) is 0 Å². The maximum atomic E-state index is 13.7. The van der Waals surface area contributed by atoms with Crippen molar-refractivity contribution in [2.45, 2.75) is 38.1 Å². The van der Waals surface area contributed by atoms with E-state index in [9.17, 15) is 13.2 Å². The number of piperazine rings is 1. The molecule has 0 aromatic heterocycles. The largest absolute Gasteiger partial charge is 0.366 e. The van der Waals surface area contributed by atoms with Gasteiger partial charge in [0, 0.05) is 49.3 Å². The Labute approximate surface area is 186 Å². The third-order valence-electron chi connectivity index (χ3n) is 5.91. The van der Waals surface area contributed by atoms with Crippen LogP contribution >= 0.6 is 15.9 Å². The molecule has 1 saturated heterocycles. The maximum Gasteiger partial charge on any atom is 0.245 e. The fourth-order valence-corrected chi connectivity index (χ4v) is 6.88. The van der Waals surface area contributed by atoms with E-state index in [-0.39, 0.29) is 16.8 Å². The number of rotatable bonds is 3. The van der Waals surface area contributed by atoms with Gasteiger partial charge in [0.15, 0.2) is 0 Å². The molecule has 2 aliphatic heterocycles. The maximum absolute atomic E-state index is 13.7. The van der Waals surface area contributed by atoms with E-state index < -0.39 is 10.0 Å². The van der Waals surface area contributed by atoms with Crippen molar-refractivity contribution < 1.29 is 13.2 Å². The van der Waals surface area contributed by atoms with E-state index in [1.54, 1.807) is 15.3 Å². The lowest BCUT2D eigenvalue weighted by atomic mass is 10.1. The molecule has 0 bridgehead atoms. The summed E-state index contributed by atoms with van der Waals surface area (Å²) in [7, 11) is -3.74. The van der Waals surface area contributed by atoms with Gasteiger partial charge in [-0.2, -0.15) is 4.31 Å². The van der Waals surface area contributed by atoms with Gasteiger partial charge >= 0.3 is 0 Å². The van der Waals surface area contributed by atoms with Gasteiger partial charge in [0.1, 0.15) is 4.90 Å². The molecule has 4 rings (SSSR count). The molecule has 0 spiro atoms. The molecule has 2 aliphatic rings. The van der Waals surface area contributed by atoms with E-state index in [0.717, 1.165) is 15.7 Å². The van der Waals surface area contributed by atoms with E-state index in [1.807, 2.05) is 12.1 Å². The van der Waals surface area contributed by atoms with Gasteiger partial charge in [0.25, 0.3) is 0 Å². The minimum absolute atomic E-state index is 0.0411. The van der Waals surface area contributed by atoms with Crippen LogP contribution in [0.2, 0.25) is 0 Å². The third-order valence-corrected chi connectivity index (χ3v) is 8.25. The summed E-state index contributed by atoms with van der Waals surface area (Å²) in [5.74, 6) is -0.134. The van der Waals surface area contributed by atoms with Crippen molar-refractivity contribution >= 4 is 43.2 Å². The van der Waals surface area contributed by atoms with Gasteiger partial charge in [-0.25, -0.2) is 8.42 Å². The van der Waals surface area contributed by atoms with Crippen LogP contribution in [0.1, 0.15) is 25.0 Å². The number of amides is 1. The number of aryl methyl sites for hydroxylation is 1. The van der Waals surface area contributed by atoms with Crippen molar-refractivity contribution in [3.63, 3.8) is 0 Å². The van der Waals surface area contributed by atoms with Crippen LogP contribution in [0.15, 0.2) is 45.8 Å². The summed E-state index contributed by atoms with van der Waals surface area (Å²) in [5, 5.41) is 0. The van der Waals surface area contributed by atoms with Gasteiger partial charge in [-0.05, 0) is 55.7 Å². The molecular formula is C22H26BrN3O3S. The average molecular weight is 492 g/mol. The number of carbonyl (C=O) groups is 1. The second-order valence-corrected chi connectivity index (χ2v) is 10.9. The predicted octanol–water partition coefficient (Wildman–Crippen LogP) is 3.57. The lowest BCUT2D eigenvalue weighted by Crippen LogP contribution is -2.53. The molecule has 0 aliphatic carbocycles. The van der Waals surface area contributed by atoms with Crippen molar-refractivity contribution in [3.05, 3.63) is 52.0 Å². The van der Waals surface area contributed by atoms with Crippen molar-refractivity contribution in [3.8, 4) is 0 Å². The second-order valence-electron chi connectivity index (χ2n) is 8.08. The fraction of sp³-hybridized carbons (Fsp3) is 0.409. The molecule has 160 valence electrons. The number of carbonyl (C=O) groups excluding carboxylic acids is 1. The van der Waals surface area contributed by atoms with Crippen LogP contribution in [-0.2, 0) is 21.2 Å². The summed E-state index contributed by atoms with van der Waals surface area (Å²) in [6.07, 6.45) is 0.661. The number of nitrogens with zero attached hydrogens (tertiary/aromatic N) is 3. The molecule has 1 atom stereocenters. The minimum Gasteiger partial charge on any atom is -0.366 e. The zero-order valence-corrected chi connectivity index (χ0v) is 19.8. The highest BCUT2D eigenvalue weighted by Crippen LogP contribution is 2.39. The molecule has 0 N–H and O–H groups in total.